The van der Waals surface area contributed by atoms with E-state index in [1.165, 1.54) is 25.2 Å². The Morgan fingerprint density at radius 2 is 1.93 bits per heavy atom. The Kier molecular flexibility index (Phi) is 3.03. The molecule has 0 N–H and O–H groups in total. The van der Waals surface area contributed by atoms with E-state index in [0.717, 1.165) is 11.0 Å². The molecule has 14 heavy (non-hydrogen) atoms. The first-order valence-electron chi connectivity index (χ1n) is 4.06. The molecule has 78 valence electrons. The average Bonchev–Trinajstić information content (AvgIpc) is 2.01. The molecule has 1 nitrogen and oxygen atoms in total. The Balaban J connectivity index is 2.74. The summed E-state index contributed by atoms with van der Waals surface area (Å²) in [4.78, 5) is 0.975. The van der Waals surface area contributed by atoms with Crippen LogP contribution in [0.15, 0.2) is 24.3 Å². The molecule has 0 heterocycles. The van der Waals surface area contributed by atoms with Crippen LogP contribution in [0.1, 0.15) is 0 Å². The van der Waals surface area contributed by atoms with Crippen LogP contribution < -0.4 is 4.90 Å². The number of halogens is 4. The van der Waals surface area contributed by atoms with E-state index in [1.54, 1.807) is 0 Å². The third kappa shape index (κ3) is 3.28. The van der Waals surface area contributed by atoms with Gasteiger partial charge in [0.1, 0.15) is 5.82 Å². The van der Waals surface area contributed by atoms with E-state index in [0.29, 0.717) is 0 Å². The predicted octanol–water partition coefficient (Wildman–Crippen LogP) is 2.65. The number of nitrogens with zero attached hydrogens (tertiary/aromatic N) is 1. The standard InChI is InChI=1S/C8H9BF4N/c1-14(6-9(11,12)13)8-4-2-3-7(10)5-8/h2-5H,6H2,1H3/q-1. The van der Waals surface area contributed by atoms with Gasteiger partial charge in [-0.2, -0.15) is 0 Å². The molecule has 0 aliphatic rings. The Hall–Kier alpha value is -1.20. The third-order valence-corrected chi connectivity index (χ3v) is 1.73. The van der Waals surface area contributed by atoms with E-state index < -0.39 is 19.2 Å². The lowest BCUT2D eigenvalue weighted by atomic mass is 9.91. The van der Waals surface area contributed by atoms with Crippen molar-refractivity contribution in [2.45, 2.75) is 0 Å². The van der Waals surface area contributed by atoms with Crippen molar-refractivity contribution in [1.29, 1.82) is 0 Å². The number of rotatable bonds is 3. The summed E-state index contributed by atoms with van der Waals surface area (Å²) in [6.07, 6.45) is -1.02. The molecule has 0 atom stereocenters. The highest BCUT2D eigenvalue weighted by atomic mass is 19.4. The van der Waals surface area contributed by atoms with Crippen LogP contribution in [0.25, 0.3) is 0 Å². The lowest BCUT2D eigenvalue weighted by molar-refractivity contribution is 0.469. The van der Waals surface area contributed by atoms with Gasteiger partial charge >= 0.3 is 6.98 Å². The number of benzene rings is 1. The van der Waals surface area contributed by atoms with Crippen molar-refractivity contribution in [3.63, 3.8) is 0 Å². The van der Waals surface area contributed by atoms with Gasteiger partial charge in [-0.15, -0.1) is 0 Å². The molecule has 0 unspecified atom stereocenters. The van der Waals surface area contributed by atoms with Crippen LogP contribution in [0.4, 0.5) is 23.0 Å². The van der Waals surface area contributed by atoms with Gasteiger partial charge in [0.05, 0.1) is 0 Å². The molecule has 0 bridgehead atoms. The van der Waals surface area contributed by atoms with Gasteiger partial charge < -0.3 is 17.8 Å². The van der Waals surface area contributed by atoms with Crippen LogP contribution in [0.5, 0.6) is 0 Å². The Labute approximate surface area is 79.4 Å². The Morgan fingerprint density at radius 1 is 1.29 bits per heavy atom. The average molecular weight is 206 g/mol. The van der Waals surface area contributed by atoms with E-state index in [2.05, 4.69) is 0 Å². The second-order valence-corrected chi connectivity index (χ2v) is 3.07. The molecule has 1 aromatic rings. The molecule has 0 amide bonds. The van der Waals surface area contributed by atoms with Crippen molar-refractivity contribution in [3.05, 3.63) is 30.1 Å². The summed E-state index contributed by atoms with van der Waals surface area (Å²) in [6, 6.07) is 5.08. The molecule has 0 fully saturated rings. The lowest BCUT2D eigenvalue weighted by Crippen LogP contribution is -2.35. The van der Waals surface area contributed by atoms with E-state index >= 15 is 0 Å². The van der Waals surface area contributed by atoms with E-state index in [4.69, 9.17) is 0 Å². The molecule has 0 spiro atoms. The quantitative estimate of drug-likeness (QED) is 0.542. The molecular formula is C8H9BF4N-. The second kappa shape index (κ2) is 3.90. The van der Waals surface area contributed by atoms with Gasteiger partial charge in [0.25, 0.3) is 0 Å². The monoisotopic (exact) mass is 206 g/mol. The fourth-order valence-electron chi connectivity index (χ4n) is 1.13. The lowest BCUT2D eigenvalue weighted by Gasteiger charge is -2.25. The maximum atomic E-state index is 12.7. The minimum atomic E-state index is -4.88. The maximum Gasteiger partial charge on any atom is 0.497 e. The summed E-state index contributed by atoms with van der Waals surface area (Å²) < 4.78 is 48.7. The van der Waals surface area contributed by atoms with Crippen LogP contribution in [0.2, 0.25) is 0 Å². The van der Waals surface area contributed by atoms with Crippen molar-refractivity contribution >= 4 is 12.7 Å². The fraction of sp³-hybridized carbons (Fsp3) is 0.250. The van der Waals surface area contributed by atoms with Gasteiger partial charge in [-0.3, -0.25) is 0 Å². The third-order valence-electron chi connectivity index (χ3n) is 1.73. The molecule has 0 aliphatic heterocycles. The van der Waals surface area contributed by atoms with Gasteiger partial charge in [0.15, 0.2) is 0 Å². The first-order chi connectivity index (χ1) is 6.38. The molecule has 0 saturated heterocycles. The van der Waals surface area contributed by atoms with Crippen LogP contribution in [-0.4, -0.2) is 20.5 Å². The molecule has 0 saturated carbocycles. The summed E-state index contributed by atoms with van der Waals surface area (Å²) >= 11 is 0. The zero-order chi connectivity index (χ0) is 10.8. The molecular weight excluding hydrogens is 197 g/mol. The Morgan fingerprint density at radius 3 is 2.43 bits per heavy atom. The van der Waals surface area contributed by atoms with Gasteiger partial charge in [0, 0.05) is 12.7 Å². The van der Waals surface area contributed by atoms with Gasteiger partial charge in [-0.05, 0) is 24.6 Å². The number of hydrogen-bond acceptors (Lipinski definition) is 1. The summed E-state index contributed by atoms with van der Waals surface area (Å²) in [5.74, 6) is -0.538. The minimum absolute atomic E-state index is 0.226. The van der Waals surface area contributed by atoms with Gasteiger partial charge in [-0.25, -0.2) is 4.39 Å². The van der Waals surface area contributed by atoms with Crippen molar-refractivity contribution in [2.75, 3.05) is 18.4 Å². The molecule has 6 heteroatoms. The molecule has 1 rings (SSSR count). The summed E-state index contributed by atoms with van der Waals surface area (Å²) in [6.45, 7) is -4.88. The topological polar surface area (TPSA) is 3.24 Å². The van der Waals surface area contributed by atoms with E-state index in [9.17, 15) is 17.3 Å². The summed E-state index contributed by atoms with van der Waals surface area (Å²) in [5.41, 5.74) is 0.226. The van der Waals surface area contributed by atoms with Gasteiger partial charge in [-0.1, -0.05) is 6.07 Å². The highest BCUT2D eigenvalue weighted by Crippen LogP contribution is 2.17. The highest BCUT2D eigenvalue weighted by Gasteiger charge is 2.25. The largest absolute Gasteiger partial charge is 0.497 e. The minimum Gasteiger partial charge on any atom is -0.448 e. The van der Waals surface area contributed by atoms with Crippen molar-refractivity contribution < 1.29 is 17.3 Å². The van der Waals surface area contributed by atoms with Crippen LogP contribution in [0.3, 0.4) is 0 Å². The van der Waals surface area contributed by atoms with Crippen LogP contribution in [0, 0.1) is 5.82 Å². The molecule has 0 aromatic heterocycles. The summed E-state index contributed by atoms with van der Waals surface area (Å²) in [7, 11) is 1.28. The molecule has 1 aromatic carbocycles. The normalized spacial score (nSPS) is 11.5. The zero-order valence-corrected chi connectivity index (χ0v) is 7.55. The SMILES string of the molecule is CN(C[B-](F)(F)F)c1cccc(F)c1. The predicted molar refractivity (Wildman–Crippen MR) is 48.7 cm³/mol. The smallest absolute Gasteiger partial charge is 0.448 e. The fourth-order valence-corrected chi connectivity index (χ4v) is 1.13. The number of hydrogen-bond donors (Lipinski definition) is 0. The zero-order valence-electron chi connectivity index (χ0n) is 7.55. The summed E-state index contributed by atoms with van der Waals surface area (Å²) in [5, 5.41) is 0. The van der Waals surface area contributed by atoms with E-state index in [1.807, 2.05) is 0 Å². The van der Waals surface area contributed by atoms with Crippen molar-refractivity contribution in [1.82, 2.24) is 0 Å². The maximum absolute atomic E-state index is 12.7. The first kappa shape index (κ1) is 10.9. The molecule has 0 radical (unpaired) electrons. The van der Waals surface area contributed by atoms with Crippen LogP contribution >= 0.6 is 0 Å². The Bertz CT molecular complexity index is 312. The second-order valence-electron chi connectivity index (χ2n) is 3.07. The highest BCUT2D eigenvalue weighted by molar-refractivity contribution is 6.59. The van der Waals surface area contributed by atoms with Gasteiger partial charge in [0.2, 0.25) is 0 Å². The number of anilines is 1. The van der Waals surface area contributed by atoms with Crippen LogP contribution in [-0.2, 0) is 0 Å². The van der Waals surface area contributed by atoms with Crippen molar-refractivity contribution in [2.24, 2.45) is 0 Å². The molecule has 0 aliphatic carbocycles. The first-order valence-corrected chi connectivity index (χ1v) is 4.06. The van der Waals surface area contributed by atoms with E-state index in [-0.39, 0.29) is 5.69 Å². The van der Waals surface area contributed by atoms with Crippen molar-refractivity contribution in [3.8, 4) is 0 Å².